The fourth-order valence-electron chi connectivity index (χ4n) is 1.63. The van der Waals surface area contributed by atoms with Crippen molar-refractivity contribution in [1.29, 1.82) is 0 Å². The van der Waals surface area contributed by atoms with Crippen molar-refractivity contribution in [2.24, 2.45) is 0 Å². The highest BCUT2D eigenvalue weighted by atomic mass is 16.6. The van der Waals surface area contributed by atoms with Crippen LogP contribution in [-0.4, -0.2) is 22.9 Å². The summed E-state index contributed by atoms with van der Waals surface area (Å²) in [6.07, 6.45) is 3.11. The normalized spacial score (nSPS) is 56.7. The van der Waals surface area contributed by atoms with Crippen molar-refractivity contribution in [2.75, 3.05) is 0 Å². The van der Waals surface area contributed by atoms with E-state index in [1.807, 2.05) is 0 Å². The maximum absolute atomic E-state index is 9.14. The summed E-state index contributed by atoms with van der Waals surface area (Å²) in [5.41, 5.74) is 0.166. The maximum atomic E-state index is 9.14. The molecular weight excluding hydrogens is 116 g/mol. The van der Waals surface area contributed by atoms with Crippen LogP contribution in [0.5, 0.6) is 0 Å². The first-order valence-electron chi connectivity index (χ1n) is 3.56. The van der Waals surface area contributed by atoms with Crippen LogP contribution in [-0.2, 0) is 4.74 Å². The van der Waals surface area contributed by atoms with Gasteiger partial charge in [0.25, 0.3) is 0 Å². The number of aliphatic hydroxyl groups excluding tert-OH is 1. The molecule has 0 spiro atoms. The van der Waals surface area contributed by atoms with Crippen LogP contribution >= 0.6 is 0 Å². The Morgan fingerprint density at radius 1 is 1.67 bits per heavy atom. The number of rotatable bonds is 0. The molecular formula is C7H12O2. The van der Waals surface area contributed by atoms with Crippen molar-refractivity contribution in [3.8, 4) is 0 Å². The lowest BCUT2D eigenvalue weighted by Crippen LogP contribution is -2.24. The quantitative estimate of drug-likeness (QED) is 0.487. The van der Waals surface area contributed by atoms with Crippen molar-refractivity contribution in [3.05, 3.63) is 0 Å². The van der Waals surface area contributed by atoms with E-state index in [-0.39, 0.29) is 11.7 Å². The Morgan fingerprint density at radius 2 is 2.44 bits per heavy atom. The Labute approximate surface area is 54.8 Å². The average molecular weight is 128 g/mol. The molecule has 1 heterocycles. The Morgan fingerprint density at radius 3 is 3.00 bits per heavy atom. The topological polar surface area (TPSA) is 32.8 Å². The molecule has 0 amide bonds. The van der Waals surface area contributed by atoms with Crippen LogP contribution in [0.1, 0.15) is 26.2 Å². The lowest BCUT2D eigenvalue weighted by Gasteiger charge is -2.16. The van der Waals surface area contributed by atoms with Gasteiger partial charge in [0.1, 0.15) is 0 Å². The Balaban J connectivity index is 2.01. The van der Waals surface area contributed by atoms with Crippen molar-refractivity contribution >= 4 is 0 Å². The summed E-state index contributed by atoms with van der Waals surface area (Å²) < 4.78 is 5.38. The zero-order valence-corrected chi connectivity index (χ0v) is 5.63. The highest BCUT2D eigenvalue weighted by Gasteiger charge is 2.54. The van der Waals surface area contributed by atoms with Gasteiger partial charge in [0, 0.05) is 6.42 Å². The number of ether oxygens (including phenoxy) is 1. The molecule has 0 bridgehead atoms. The van der Waals surface area contributed by atoms with Crippen molar-refractivity contribution < 1.29 is 9.84 Å². The molecule has 0 aromatic carbocycles. The predicted octanol–water partition coefficient (Wildman–Crippen LogP) is 0.689. The van der Waals surface area contributed by atoms with Crippen LogP contribution in [0.4, 0.5) is 0 Å². The minimum atomic E-state index is -0.0921. The first kappa shape index (κ1) is 5.69. The van der Waals surface area contributed by atoms with Crippen molar-refractivity contribution in [2.45, 2.75) is 44.0 Å². The van der Waals surface area contributed by atoms with E-state index in [1.165, 1.54) is 0 Å². The molecule has 2 heteroatoms. The second-order valence-corrected chi connectivity index (χ2v) is 3.35. The second kappa shape index (κ2) is 1.50. The monoisotopic (exact) mass is 128 g/mol. The van der Waals surface area contributed by atoms with E-state index in [1.54, 1.807) is 0 Å². The Bertz CT molecular complexity index is 135. The van der Waals surface area contributed by atoms with Crippen LogP contribution < -0.4 is 0 Å². The van der Waals surface area contributed by atoms with Crippen LogP contribution in [0.15, 0.2) is 0 Å². The smallest absolute Gasteiger partial charge is 0.0922 e. The molecule has 3 atom stereocenters. The van der Waals surface area contributed by atoms with Crippen molar-refractivity contribution in [1.82, 2.24) is 0 Å². The minimum absolute atomic E-state index is 0.0921. The number of aliphatic hydroxyl groups is 1. The van der Waals surface area contributed by atoms with Crippen molar-refractivity contribution in [3.63, 3.8) is 0 Å². The summed E-state index contributed by atoms with van der Waals surface area (Å²) in [4.78, 5) is 0. The van der Waals surface area contributed by atoms with Crippen LogP contribution in [0, 0.1) is 0 Å². The Hall–Kier alpha value is -0.0800. The number of fused-ring (bicyclic) bond motifs is 1. The number of epoxide rings is 1. The zero-order valence-electron chi connectivity index (χ0n) is 5.63. The average Bonchev–Trinajstić information content (AvgIpc) is 2.41. The first-order chi connectivity index (χ1) is 4.21. The van der Waals surface area contributed by atoms with E-state index < -0.39 is 0 Å². The van der Waals surface area contributed by atoms with E-state index in [2.05, 4.69) is 6.92 Å². The molecule has 1 saturated heterocycles. The highest BCUT2D eigenvalue weighted by Crippen LogP contribution is 2.47. The molecule has 2 nitrogen and oxygen atoms in total. The first-order valence-corrected chi connectivity index (χ1v) is 3.56. The third-order valence-corrected chi connectivity index (χ3v) is 2.50. The fraction of sp³-hybridized carbons (Fsp3) is 1.00. The fourth-order valence-corrected chi connectivity index (χ4v) is 1.63. The summed E-state index contributed by atoms with van der Waals surface area (Å²) in [5.74, 6) is 0. The molecule has 2 aliphatic rings. The summed E-state index contributed by atoms with van der Waals surface area (Å²) in [6.45, 7) is 2.13. The molecule has 0 aromatic rings. The summed E-state index contributed by atoms with van der Waals surface area (Å²) in [7, 11) is 0. The van der Waals surface area contributed by atoms with E-state index in [9.17, 15) is 0 Å². The molecule has 52 valence electrons. The largest absolute Gasteiger partial charge is 0.393 e. The van der Waals surface area contributed by atoms with Gasteiger partial charge in [0.05, 0.1) is 17.8 Å². The maximum Gasteiger partial charge on any atom is 0.0922 e. The molecule has 2 rings (SSSR count). The van der Waals surface area contributed by atoms with Gasteiger partial charge in [-0.1, -0.05) is 0 Å². The number of hydrogen-bond acceptors (Lipinski definition) is 2. The van der Waals surface area contributed by atoms with Crippen LogP contribution in [0.3, 0.4) is 0 Å². The van der Waals surface area contributed by atoms with E-state index in [4.69, 9.17) is 9.84 Å². The van der Waals surface area contributed by atoms with E-state index >= 15 is 0 Å². The van der Waals surface area contributed by atoms with Crippen LogP contribution in [0.25, 0.3) is 0 Å². The number of hydrogen-bond donors (Lipinski definition) is 1. The van der Waals surface area contributed by atoms with Gasteiger partial charge in [0.2, 0.25) is 0 Å². The van der Waals surface area contributed by atoms with Gasteiger partial charge in [-0.3, -0.25) is 0 Å². The zero-order chi connectivity index (χ0) is 6.48. The third-order valence-electron chi connectivity index (χ3n) is 2.50. The summed E-state index contributed by atoms with van der Waals surface area (Å²) in [6, 6.07) is 0. The molecule has 0 unspecified atom stereocenters. The molecule has 1 aliphatic carbocycles. The molecule has 1 N–H and O–H groups in total. The standard InChI is InChI=1S/C7H12O2/c1-7-3-2-5(8)4-6(7)9-7/h5-6,8H,2-4H2,1H3/t5-,6-,7+/m0/s1. The van der Waals surface area contributed by atoms with E-state index in [0.29, 0.717) is 6.10 Å². The molecule has 0 radical (unpaired) electrons. The second-order valence-electron chi connectivity index (χ2n) is 3.35. The van der Waals surface area contributed by atoms with E-state index in [0.717, 1.165) is 19.3 Å². The minimum Gasteiger partial charge on any atom is -0.393 e. The van der Waals surface area contributed by atoms with Gasteiger partial charge < -0.3 is 9.84 Å². The van der Waals surface area contributed by atoms with Gasteiger partial charge in [0.15, 0.2) is 0 Å². The SMILES string of the molecule is C[C@@]12CC[C@H](O)C[C@@H]1O2. The third kappa shape index (κ3) is 0.775. The molecule has 2 fully saturated rings. The lowest BCUT2D eigenvalue weighted by atomic mass is 9.89. The highest BCUT2D eigenvalue weighted by molar-refractivity contribution is 5.03. The Kier molecular flexibility index (Phi) is 0.945. The summed E-state index contributed by atoms with van der Waals surface area (Å²) >= 11 is 0. The van der Waals surface area contributed by atoms with Gasteiger partial charge in [-0.15, -0.1) is 0 Å². The predicted molar refractivity (Wildman–Crippen MR) is 33.1 cm³/mol. The summed E-state index contributed by atoms with van der Waals surface area (Å²) in [5, 5.41) is 9.14. The van der Waals surface area contributed by atoms with Gasteiger partial charge in [-0.2, -0.15) is 0 Å². The molecule has 9 heavy (non-hydrogen) atoms. The lowest BCUT2D eigenvalue weighted by molar-refractivity contribution is 0.132. The van der Waals surface area contributed by atoms with Gasteiger partial charge in [-0.25, -0.2) is 0 Å². The molecule has 1 aliphatic heterocycles. The van der Waals surface area contributed by atoms with Crippen LogP contribution in [0.2, 0.25) is 0 Å². The molecule has 0 aromatic heterocycles. The van der Waals surface area contributed by atoms with Gasteiger partial charge >= 0.3 is 0 Å². The molecule has 1 saturated carbocycles. The van der Waals surface area contributed by atoms with Gasteiger partial charge in [-0.05, 0) is 19.8 Å².